The van der Waals surface area contributed by atoms with Crippen LogP contribution in [0, 0.1) is 0 Å². The van der Waals surface area contributed by atoms with Crippen LogP contribution in [0.3, 0.4) is 0 Å². The van der Waals surface area contributed by atoms with Gasteiger partial charge < -0.3 is 9.15 Å². The second-order valence-electron chi connectivity index (χ2n) is 7.64. The third-order valence-electron chi connectivity index (χ3n) is 5.73. The lowest BCUT2D eigenvalue weighted by Gasteiger charge is -2.38. The molecule has 2 fully saturated rings. The second kappa shape index (κ2) is 6.94. The fraction of sp³-hybridized carbons (Fsp3) is 0.632. The zero-order valence-electron chi connectivity index (χ0n) is 15.2. The normalized spacial score (nSPS) is 23.7. The Kier molecular flexibility index (Phi) is 4.67. The minimum Gasteiger partial charge on any atom is -0.468 e. The number of hydrogen-bond donors (Lipinski definition) is 0. The molecule has 2 aliphatic rings. The van der Waals surface area contributed by atoms with Gasteiger partial charge in [0.25, 0.3) is 0 Å². The Morgan fingerprint density at radius 1 is 1.36 bits per heavy atom. The van der Waals surface area contributed by atoms with Gasteiger partial charge in [0.2, 0.25) is 0 Å². The maximum atomic E-state index is 6.32. The number of furan rings is 1. The lowest BCUT2D eigenvalue weighted by Crippen LogP contribution is -2.44. The van der Waals surface area contributed by atoms with Gasteiger partial charge in [0, 0.05) is 44.5 Å². The van der Waals surface area contributed by atoms with Crippen LogP contribution in [0.1, 0.15) is 30.6 Å². The van der Waals surface area contributed by atoms with Crippen LogP contribution in [0.25, 0.3) is 0 Å². The van der Waals surface area contributed by atoms with Gasteiger partial charge in [-0.1, -0.05) is 0 Å². The van der Waals surface area contributed by atoms with Crippen molar-refractivity contribution in [2.24, 2.45) is 7.05 Å². The lowest BCUT2D eigenvalue weighted by molar-refractivity contribution is -0.0452. The van der Waals surface area contributed by atoms with Gasteiger partial charge in [-0.15, -0.1) is 0 Å². The van der Waals surface area contributed by atoms with E-state index in [0.717, 1.165) is 57.8 Å². The number of rotatable bonds is 5. The fourth-order valence-electron chi connectivity index (χ4n) is 4.16. The van der Waals surface area contributed by atoms with Gasteiger partial charge in [-0.05, 0) is 38.4 Å². The SMILES string of the molecule is CN(Cc1ccco1)[C@H]1COC2(CCN(Cc3cnn(C)c3)CC2)C1. The van der Waals surface area contributed by atoms with Crippen LogP contribution < -0.4 is 0 Å². The number of aromatic nitrogens is 2. The predicted molar refractivity (Wildman–Crippen MR) is 95.0 cm³/mol. The highest BCUT2D eigenvalue weighted by Gasteiger charge is 2.43. The Morgan fingerprint density at radius 3 is 2.88 bits per heavy atom. The van der Waals surface area contributed by atoms with E-state index in [2.05, 4.69) is 28.1 Å². The molecule has 4 rings (SSSR count). The van der Waals surface area contributed by atoms with Gasteiger partial charge in [0.1, 0.15) is 5.76 Å². The Morgan fingerprint density at radius 2 is 2.20 bits per heavy atom. The first-order valence-electron chi connectivity index (χ1n) is 9.18. The number of aryl methyl sites for hydroxylation is 1. The minimum absolute atomic E-state index is 0.0769. The monoisotopic (exact) mass is 344 g/mol. The highest BCUT2D eigenvalue weighted by atomic mass is 16.5. The van der Waals surface area contributed by atoms with E-state index in [1.807, 2.05) is 30.1 Å². The zero-order chi connectivity index (χ0) is 17.3. The molecular formula is C19H28N4O2. The van der Waals surface area contributed by atoms with Crippen molar-refractivity contribution in [1.82, 2.24) is 19.6 Å². The molecule has 0 amide bonds. The van der Waals surface area contributed by atoms with Gasteiger partial charge in [-0.2, -0.15) is 5.10 Å². The quantitative estimate of drug-likeness (QED) is 0.833. The minimum atomic E-state index is 0.0769. The van der Waals surface area contributed by atoms with E-state index < -0.39 is 0 Å². The van der Waals surface area contributed by atoms with Crippen LogP contribution in [0.15, 0.2) is 35.2 Å². The highest BCUT2D eigenvalue weighted by Crippen LogP contribution is 2.38. The molecule has 0 radical (unpaired) electrons. The van der Waals surface area contributed by atoms with E-state index in [1.165, 1.54) is 5.56 Å². The largest absolute Gasteiger partial charge is 0.468 e. The summed E-state index contributed by atoms with van der Waals surface area (Å²) in [6.45, 7) is 4.88. The maximum Gasteiger partial charge on any atom is 0.117 e. The first kappa shape index (κ1) is 16.8. The maximum absolute atomic E-state index is 6.32. The van der Waals surface area contributed by atoms with E-state index in [9.17, 15) is 0 Å². The summed E-state index contributed by atoms with van der Waals surface area (Å²) >= 11 is 0. The molecule has 0 N–H and O–H groups in total. The highest BCUT2D eigenvalue weighted by molar-refractivity contribution is 5.05. The molecule has 0 bridgehead atoms. The van der Waals surface area contributed by atoms with Crippen molar-refractivity contribution in [3.05, 3.63) is 42.1 Å². The smallest absolute Gasteiger partial charge is 0.117 e. The van der Waals surface area contributed by atoms with Crippen molar-refractivity contribution in [2.75, 3.05) is 26.7 Å². The van der Waals surface area contributed by atoms with Gasteiger partial charge >= 0.3 is 0 Å². The Balaban J connectivity index is 1.28. The Labute approximate surface area is 149 Å². The van der Waals surface area contributed by atoms with Crippen molar-refractivity contribution in [3.8, 4) is 0 Å². The second-order valence-corrected chi connectivity index (χ2v) is 7.64. The molecule has 0 aliphatic carbocycles. The summed E-state index contributed by atoms with van der Waals surface area (Å²) < 4.78 is 13.7. The first-order chi connectivity index (χ1) is 12.1. The van der Waals surface area contributed by atoms with Gasteiger partial charge in [-0.3, -0.25) is 14.5 Å². The van der Waals surface area contributed by atoms with Gasteiger partial charge in [0.15, 0.2) is 0 Å². The summed E-state index contributed by atoms with van der Waals surface area (Å²) in [5.74, 6) is 1.02. The van der Waals surface area contributed by atoms with Crippen LogP contribution in [0.4, 0.5) is 0 Å². The third-order valence-corrected chi connectivity index (χ3v) is 5.73. The molecule has 2 aliphatic heterocycles. The number of likely N-dealkylation sites (tertiary alicyclic amines) is 1. The molecule has 6 nitrogen and oxygen atoms in total. The molecule has 136 valence electrons. The molecule has 2 aromatic heterocycles. The summed E-state index contributed by atoms with van der Waals surface area (Å²) in [6.07, 6.45) is 9.20. The summed E-state index contributed by atoms with van der Waals surface area (Å²) in [6, 6.07) is 4.47. The van der Waals surface area contributed by atoms with Crippen LogP contribution in [0.2, 0.25) is 0 Å². The number of nitrogens with zero attached hydrogens (tertiary/aromatic N) is 4. The number of piperidine rings is 1. The van der Waals surface area contributed by atoms with Crippen LogP contribution in [-0.4, -0.2) is 58.0 Å². The molecule has 25 heavy (non-hydrogen) atoms. The molecule has 2 aromatic rings. The van der Waals surface area contributed by atoms with E-state index in [0.29, 0.717) is 6.04 Å². The molecule has 6 heteroatoms. The summed E-state index contributed by atoms with van der Waals surface area (Å²) in [5.41, 5.74) is 1.37. The molecule has 0 unspecified atom stereocenters. The molecule has 1 spiro atoms. The summed E-state index contributed by atoms with van der Waals surface area (Å²) in [7, 11) is 4.15. The summed E-state index contributed by atoms with van der Waals surface area (Å²) in [4.78, 5) is 4.89. The van der Waals surface area contributed by atoms with E-state index in [-0.39, 0.29) is 5.60 Å². The average molecular weight is 344 g/mol. The molecule has 4 heterocycles. The molecule has 0 aromatic carbocycles. The van der Waals surface area contributed by atoms with Crippen molar-refractivity contribution in [2.45, 2.75) is 44.0 Å². The van der Waals surface area contributed by atoms with Crippen molar-refractivity contribution < 1.29 is 9.15 Å². The van der Waals surface area contributed by atoms with E-state index >= 15 is 0 Å². The fourth-order valence-corrected chi connectivity index (χ4v) is 4.16. The number of likely N-dealkylation sites (N-methyl/N-ethyl adjacent to an activating group) is 1. The van der Waals surface area contributed by atoms with Crippen LogP contribution >= 0.6 is 0 Å². The Bertz CT molecular complexity index is 673. The first-order valence-corrected chi connectivity index (χ1v) is 9.18. The summed E-state index contributed by atoms with van der Waals surface area (Å²) in [5, 5.41) is 4.26. The van der Waals surface area contributed by atoms with Crippen molar-refractivity contribution in [3.63, 3.8) is 0 Å². The molecule has 2 saturated heterocycles. The predicted octanol–water partition coefficient (Wildman–Crippen LogP) is 2.27. The van der Waals surface area contributed by atoms with Crippen molar-refractivity contribution >= 4 is 0 Å². The van der Waals surface area contributed by atoms with E-state index in [1.54, 1.807) is 6.26 Å². The number of hydrogen-bond acceptors (Lipinski definition) is 5. The van der Waals surface area contributed by atoms with Crippen LogP contribution in [-0.2, 0) is 24.9 Å². The average Bonchev–Trinajstić information content (AvgIpc) is 3.33. The molecular weight excluding hydrogens is 316 g/mol. The van der Waals surface area contributed by atoms with Crippen LogP contribution in [0.5, 0.6) is 0 Å². The lowest BCUT2D eigenvalue weighted by atomic mass is 9.87. The molecule has 0 saturated carbocycles. The zero-order valence-corrected chi connectivity index (χ0v) is 15.2. The third kappa shape index (κ3) is 3.81. The van der Waals surface area contributed by atoms with Gasteiger partial charge in [0.05, 0.1) is 31.2 Å². The topological polar surface area (TPSA) is 46.7 Å². The van der Waals surface area contributed by atoms with Crippen molar-refractivity contribution in [1.29, 1.82) is 0 Å². The Hall–Kier alpha value is -1.63. The number of ether oxygens (including phenoxy) is 1. The standard InChI is InChI=1S/C19H28N4O2/c1-21(14-18-4-3-9-24-18)17-10-19(25-15-17)5-7-23(8-6-19)13-16-11-20-22(2)12-16/h3-4,9,11-12,17H,5-8,10,13-15H2,1-2H3/t17-/m1/s1. The van der Waals surface area contributed by atoms with Gasteiger partial charge in [-0.25, -0.2) is 0 Å². The molecule has 1 atom stereocenters. The van der Waals surface area contributed by atoms with E-state index in [4.69, 9.17) is 9.15 Å².